The number of hydrogen-bond acceptors (Lipinski definition) is 7. The van der Waals surface area contributed by atoms with Gasteiger partial charge in [-0.2, -0.15) is 0 Å². The van der Waals surface area contributed by atoms with E-state index in [1.54, 1.807) is 71.3 Å². The molecule has 0 saturated carbocycles. The molecule has 3 heterocycles. The summed E-state index contributed by atoms with van der Waals surface area (Å²) in [6.45, 7) is 3.54. The van der Waals surface area contributed by atoms with Crippen LogP contribution >= 0.6 is 0 Å². The highest BCUT2D eigenvalue weighted by Gasteiger charge is 2.52. The second-order valence-corrected chi connectivity index (χ2v) is 12.1. The van der Waals surface area contributed by atoms with Crippen molar-refractivity contribution in [3.63, 3.8) is 0 Å². The molecule has 10 heteroatoms. The molecule has 0 aromatic heterocycles. The van der Waals surface area contributed by atoms with E-state index in [1.165, 1.54) is 11.8 Å². The summed E-state index contributed by atoms with van der Waals surface area (Å²) in [6, 6.07) is 21.8. The van der Waals surface area contributed by atoms with Crippen LogP contribution in [0.1, 0.15) is 48.9 Å². The van der Waals surface area contributed by atoms with Crippen molar-refractivity contribution in [1.82, 2.24) is 4.90 Å². The molecule has 4 atom stereocenters. The number of benzene rings is 3. The van der Waals surface area contributed by atoms with Crippen molar-refractivity contribution < 1.29 is 34.1 Å². The number of esters is 1. The van der Waals surface area contributed by atoms with Crippen LogP contribution in [0.3, 0.4) is 0 Å². The van der Waals surface area contributed by atoms with Gasteiger partial charge >= 0.3 is 5.97 Å². The Balaban J connectivity index is 1.15. The summed E-state index contributed by atoms with van der Waals surface area (Å²) in [6.07, 6.45) is 3.57. The summed E-state index contributed by atoms with van der Waals surface area (Å²) >= 11 is 0. The quantitative estimate of drug-likeness (QED) is 0.212. The van der Waals surface area contributed by atoms with E-state index in [-0.39, 0.29) is 43.8 Å². The molecule has 0 bridgehead atoms. The first-order valence-electron chi connectivity index (χ1n) is 15.5. The lowest BCUT2D eigenvalue weighted by Crippen LogP contribution is -2.54. The maximum Gasteiger partial charge on any atom is 0.304 e. The molecule has 0 aliphatic carbocycles. The molecule has 3 aromatic carbocycles. The zero-order chi connectivity index (χ0) is 32.6. The molecule has 3 amide bonds. The molecule has 6 rings (SSSR count). The summed E-state index contributed by atoms with van der Waals surface area (Å²) in [5.74, 6) is -1.86. The van der Waals surface area contributed by atoms with Gasteiger partial charge in [-0.25, -0.2) is 0 Å². The van der Waals surface area contributed by atoms with Crippen molar-refractivity contribution in [3.8, 4) is 0 Å². The number of amides is 3. The smallest absolute Gasteiger partial charge is 0.304 e. The van der Waals surface area contributed by atoms with Crippen LogP contribution in [0.4, 0.5) is 11.4 Å². The van der Waals surface area contributed by atoms with E-state index in [9.17, 15) is 29.4 Å². The van der Waals surface area contributed by atoms with Crippen molar-refractivity contribution in [3.05, 3.63) is 107 Å². The van der Waals surface area contributed by atoms with Crippen LogP contribution in [0, 0.1) is 5.92 Å². The molecule has 3 aromatic rings. The van der Waals surface area contributed by atoms with Crippen LogP contribution in [0.15, 0.2) is 84.9 Å². The molecule has 46 heavy (non-hydrogen) atoms. The summed E-state index contributed by atoms with van der Waals surface area (Å²) in [5.41, 5.74) is 2.82. The molecule has 0 radical (unpaired) electrons. The van der Waals surface area contributed by atoms with Crippen molar-refractivity contribution in [1.29, 1.82) is 0 Å². The molecular weight excluding hydrogens is 586 g/mol. The Morgan fingerprint density at radius 3 is 2.39 bits per heavy atom. The van der Waals surface area contributed by atoms with Gasteiger partial charge in [-0.05, 0) is 41.3 Å². The zero-order valence-electron chi connectivity index (χ0n) is 25.8. The van der Waals surface area contributed by atoms with E-state index in [4.69, 9.17) is 4.74 Å². The summed E-state index contributed by atoms with van der Waals surface area (Å²) in [7, 11) is 0. The van der Waals surface area contributed by atoms with Gasteiger partial charge in [-0.3, -0.25) is 24.1 Å². The van der Waals surface area contributed by atoms with Crippen LogP contribution < -0.4 is 9.80 Å². The molecule has 2 N–H and O–H groups in total. The van der Waals surface area contributed by atoms with Crippen molar-refractivity contribution >= 4 is 35.1 Å². The Labute approximate surface area is 267 Å². The van der Waals surface area contributed by atoms with Crippen LogP contribution in [0.25, 0.3) is 0 Å². The Morgan fingerprint density at radius 1 is 1.00 bits per heavy atom. The number of nitrogens with zero attached hydrogens (tertiary/aromatic N) is 3. The van der Waals surface area contributed by atoms with E-state index in [0.29, 0.717) is 29.9 Å². The number of carbonyl (C=O) groups excluding carboxylic acids is 4. The van der Waals surface area contributed by atoms with E-state index in [1.807, 2.05) is 30.3 Å². The SMILES string of the molecule is CC(=O)OC1CC(=O)N1c1ccc(CN2C(=O)[C@](O)([C@H](C)/C=C/CC(=O)N3Cc4ccccc4C[C@H]3CO)c3ccccc32)cc1. The van der Waals surface area contributed by atoms with Gasteiger partial charge in [0.1, 0.15) is 0 Å². The van der Waals surface area contributed by atoms with Crippen LogP contribution in [0.2, 0.25) is 0 Å². The number of aliphatic hydroxyl groups is 2. The van der Waals surface area contributed by atoms with Gasteiger partial charge in [0.05, 0.1) is 31.3 Å². The lowest BCUT2D eigenvalue weighted by Gasteiger charge is -2.39. The molecule has 1 unspecified atom stereocenters. The zero-order valence-corrected chi connectivity index (χ0v) is 25.8. The number of aliphatic hydroxyl groups excluding tert-OH is 1. The Hall–Kier alpha value is -4.80. The highest BCUT2D eigenvalue weighted by atomic mass is 16.6. The minimum absolute atomic E-state index is 0.0722. The molecule has 238 valence electrons. The van der Waals surface area contributed by atoms with Gasteiger partial charge in [0.15, 0.2) is 11.8 Å². The molecule has 3 aliphatic rings. The summed E-state index contributed by atoms with van der Waals surface area (Å²) in [4.78, 5) is 55.4. The third-order valence-electron chi connectivity index (χ3n) is 9.20. The number of carbonyl (C=O) groups is 4. The first-order chi connectivity index (χ1) is 22.1. The van der Waals surface area contributed by atoms with E-state index < -0.39 is 29.6 Å². The molecule has 1 fully saturated rings. The van der Waals surface area contributed by atoms with Crippen molar-refractivity contribution in [2.45, 2.75) is 64.1 Å². The summed E-state index contributed by atoms with van der Waals surface area (Å²) < 4.78 is 5.20. The second-order valence-electron chi connectivity index (χ2n) is 12.1. The minimum atomic E-state index is -1.84. The fourth-order valence-electron chi connectivity index (χ4n) is 6.66. The Morgan fingerprint density at radius 2 is 1.70 bits per heavy atom. The Bertz CT molecular complexity index is 1700. The molecular formula is C36H37N3O7. The number of para-hydroxylation sites is 1. The van der Waals surface area contributed by atoms with Gasteiger partial charge in [-0.15, -0.1) is 0 Å². The maximum absolute atomic E-state index is 13.9. The number of ether oxygens (including phenoxy) is 1. The first-order valence-corrected chi connectivity index (χ1v) is 15.5. The van der Waals surface area contributed by atoms with E-state index >= 15 is 0 Å². The second kappa shape index (κ2) is 12.5. The third-order valence-corrected chi connectivity index (χ3v) is 9.20. The maximum atomic E-state index is 13.9. The number of fused-ring (bicyclic) bond motifs is 2. The van der Waals surface area contributed by atoms with Gasteiger partial charge in [-0.1, -0.05) is 73.7 Å². The summed E-state index contributed by atoms with van der Waals surface area (Å²) in [5, 5.41) is 21.9. The van der Waals surface area contributed by atoms with E-state index in [2.05, 4.69) is 0 Å². The molecule has 10 nitrogen and oxygen atoms in total. The minimum Gasteiger partial charge on any atom is -0.441 e. The topological polar surface area (TPSA) is 128 Å². The van der Waals surface area contributed by atoms with Gasteiger partial charge < -0.3 is 24.7 Å². The monoisotopic (exact) mass is 623 g/mol. The predicted molar refractivity (Wildman–Crippen MR) is 170 cm³/mol. The van der Waals surface area contributed by atoms with Gasteiger partial charge in [0.25, 0.3) is 5.91 Å². The van der Waals surface area contributed by atoms with Crippen molar-refractivity contribution in [2.75, 3.05) is 16.4 Å². The van der Waals surface area contributed by atoms with Crippen molar-refractivity contribution in [2.24, 2.45) is 5.92 Å². The number of anilines is 2. The normalized spacial score (nSPS) is 22.8. The highest BCUT2D eigenvalue weighted by molar-refractivity contribution is 6.07. The highest BCUT2D eigenvalue weighted by Crippen LogP contribution is 2.45. The van der Waals surface area contributed by atoms with Crippen LogP contribution in [-0.4, -0.2) is 57.7 Å². The van der Waals surface area contributed by atoms with Gasteiger partial charge in [0.2, 0.25) is 11.8 Å². The largest absolute Gasteiger partial charge is 0.441 e. The predicted octanol–water partition coefficient (Wildman–Crippen LogP) is 3.58. The average Bonchev–Trinajstić information content (AvgIpc) is 3.26. The first kappa shape index (κ1) is 31.2. The fourth-order valence-corrected chi connectivity index (χ4v) is 6.66. The molecule has 3 aliphatic heterocycles. The number of rotatable bonds is 9. The van der Waals surface area contributed by atoms with Crippen LogP contribution in [-0.2, 0) is 49.0 Å². The lowest BCUT2D eigenvalue weighted by atomic mass is 9.83. The van der Waals surface area contributed by atoms with Crippen LogP contribution in [0.5, 0.6) is 0 Å². The lowest BCUT2D eigenvalue weighted by molar-refractivity contribution is -0.154. The Kier molecular flexibility index (Phi) is 8.50. The fraction of sp³-hybridized carbons (Fsp3) is 0.333. The number of hydrogen-bond donors (Lipinski definition) is 2. The average molecular weight is 624 g/mol. The molecule has 1 saturated heterocycles. The number of β-lactam (4-membered cyclic amide) rings is 1. The van der Waals surface area contributed by atoms with E-state index in [0.717, 1.165) is 16.7 Å². The molecule has 0 spiro atoms. The van der Waals surface area contributed by atoms with Gasteiger partial charge in [0, 0.05) is 37.1 Å². The standard InChI is InChI=1S/C36H37N3O7/c1-23(8-7-13-32(42)37-21-27-10-4-3-9-26(27)18-29(37)22-40)36(45)30-11-5-6-12-31(30)38(35(36)44)20-25-14-16-28(17-15-25)39-33(43)19-34(39)46-24(2)41/h3-12,14-17,23,29,34,40,45H,13,18-22H2,1-2H3/b8-7+/t23-,29+,34?,36+/m1/s1. The third kappa shape index (κ3) is 5.59.